The van der Waals surface area contributed by atoms with Crippen molar-refractivity contribution in [2.45, 2.75) is 69.6 Å². The summed E-state index contributed by atoms with van der Waals surface area (Å²) in [6, 6.07) is 7.52. The molecule has 0 atom stereocenters. The van der Waals surface area contributed by atoms with Gasteiger partial charge in [0, 0.05) is 24.2 Å². The van der Waals surface area contributed by atoms with E-state index in [4.69, 9.17) is 21.6 Å². The third kappa shape index (κ3) is 5.31. The van der Waals surface area contributed by atoms with E-state index in [1.54, 1.807) is 24.4 Å². The van der Waals surface area contributed by atoms with E-state index in [0.29, 0.717) is 21.9 Å². The Morgan fingerprint density at radius 3 is 2.59 bits per heavy atom. The summed E-state index contributed by atoms with van der Waals surface area (Å²) in [5.74, 6) is 0.731. The van der Waals surface area contributed by atoms with Gasteiger partial charge in [0.2, 0.25) is 0 Å². The zero-order valence-corrected chi connectivity index (χ0v) is 18.6. The van der Waals surface area contributed by atoms with Crippen LogP contribution < -0.4 is 10.1 Å². The molecule has 0 spiro atoms. The van der Waals surface area contributed by atoms with Gasteiger partial charge in [0.25, 0.3) is 5.91 Å². The molecule has 7 nitrogen and oxygen atoms in total. The molecule has 1 heterocycles. The number of hydrogen-bond donors (Lipinski definition) is 1. The maximum atomic E-state index is 12.7. The Balaban J connectivity index is 1.24. The van der Waals surface area contributed by atoms with Crippen LogP contribution in [0.4, 0.5) is 0 Å². The van der Waals surface area contributed by atoms with Crippen molar-refractivity contribution in [1.29, 1.82) is 5.26 Å². The minimum atomic E-state index is -0.0962. The second kappa shape index (κ2) is 10.2. The molecule has 1 aromatic carbocycles. The smallest absolute Gasteiger partial charge is 0.254 e. The van der Waals surface area contributed by atoms with Gasteiger partial charge >= 0.3 is 0 Å². The molecule has 2 aliphatic carbocycles. The fourth-order valence-electron chi connectivity index (χ4n) is 4.60. The van der Waals surface area contributed by atoms with Crippen molar-refractivity contribution < 1.29 is 14.3 Å². The van der Waals surface area contributed by atoms with Crippen LogP contribution in [0.1, 0.15) is 73.3 Å². The first-order valence-corrected chi connectivity index (χ1v) is 11.6. The molecule has 1 aromatic heterocycles. The standard InChI is InChI=1S/C24H27ClN4O3/c25-23-11-22(8-3-17(23)12-26)32-21-9-4-19(5-10-21)28-24(31)18-13-27-29(14-18)20-6-1-16(15-30)2-7-20/h3,8,11,13-16,19-21H,1-2,4-7,9-10H2,(H,28,31). The van der Waals surface area contributed by atoms with E-state index in [1.807, 2.05) is 16.9 Å². The van der Waals surface area contributed by atoms with Crippen molar-refractivity contribution in [2.24, 2.45) is 5.92 Å². The molecule has 2 saturated carbocycles. The molecule has 8 heteroatoms. The molecule has 32 heavy (non-hydrogen) atoms. The van der Waals surface area contributed by atoms with Gasteiger partial charge in [-0.15, -0.1) is 0 Å². The molecule has 168 valence electrons. The van der Waals surface area contributed by atoms with E-state index < -0.39 is 0 Å². The largest absolute Gasteiger partial charge is 0.490 e. The number of amides is 1. The van der Waals surface area contributed by atoms with E-state index in [9.17, 15) is 9.59 Å². The highest BCUT2D eigenvalue weighted by Gasteiger charge is 2.26. The quantitative estimate of drug-likeness (QED) is 0.650. The van der Waals surface area contributed by atoms with Crippen LogP contribution in [0.2, 0.25) is 5.02 Å². The summed E-state index contributed by atoms with van der Waals surface area (Å²) in [5.41, 5.74) is 1.01. The van der Waals surface area contributed by atoms with Crippen LogP contribution in [-0.4, -0.2) is 34.1 Å². The second-order valence-corrected chi connectivity index (χ2v) is 9.14. The third-order valence-corrected chi connectivity index (χ3v) is 6.86. The number of benzene rings is 1. The number of rotatable bonds is 6. The zero-order valence-electron chi connectivity index (χ0n) is 17.9. The molecule has 0 bridgehead atoms. The normalized spacial score (nSPS) is 25.5. The number of halogens is 1. The summed E-state index contributed by atoms with van der Waals surface area (Å²) in [4.78, 5) is 23.6. The monoisotopic (exact) mass is 454 g/mol. The Kier molecular flexibility index (Phi) is 7.11. The Labute approximate surface area is 192 Å². The molecule has 1 N–H and O–H groups in total. The lowest BCUT2D eigenvalue weighted by atomic mass is 9.87. The maximum absolute atomic E-state index is 12.7. The number of nitrogens with zero attached hydrogens (tertiary/aromatic N) is 3. The molecular weight excluding hydrogens is 428 g/mol. The minimum Gasteiger partial charge on any atom is -0.490 e. The molecule has 2 fully saturated rings. The zero-order chi connectivity index (χ0) is 22.5. The van der Waals surface area contributed by atoms with Crippen LogP contribution in [-0.2, 0) is 4.79 Å². The number of nitriles is 1. The van der Waals surface area contributed by atoms with Crippen molar-refractivity contribution in [2.75, 3.05) is 0 Å². The first-order valence-electron chi connectivity index (χ1n) is 11.2. The summed E-state index contributed by atoms with van der Waals surface area (Å²) in [6.07, 6.45) is 11.5. The highest BCUT2D eigenvalue weighted by molar-refractivity contribution is 6.31. The van der Waals surface area contributed by atoms with Crippen molar-refractivity contribution >= 4 is 23.8 Å². The van der Waals surface area contributed by atoms with Crippen LogP contribution >= 0.6 is 11.6 Å². The number of ether oxygens (including phenoxy) is 1. The van der Waals surface area contributed by atoms with E-state index in [0.717, 1.165) is 57.7 Å². The summed E-state index contributed by atoms with van der Waals surface area (Å²) >= 11 is 6.08. The Hall–Kier alpha value is -2.85. The highest BCUT2D eigenvalue weighted by Crippen LogP contribution is 2.31. The molecule has 4 rings (SSSR count). The molecule has 0 unspecified atom stereocenters. The summed E-state index contributed by atoms with van der Waals surface area (Å²) in [7, 11) is 0. The Bertz CT molecular complexity index is 999. The number of carbonyl (C=O) groups is 2. The predicted octanol–water partition coefficient (Wildman–Crippen LogP) is 4.46. The van der Waals surface area contributed by atoms with E-state index >= 15 is 0 Å². The van der Waals surface area contributed by atoms with Crippen molar-refractivity contribution in [1.82, 2.24) is 15.1 Å². The first-order chi connectivity index (χ1) is 15.6. The SMILES string of the molecule is N#Cc1ccc(OC2CCC(NC(=O)c3cnn(C4CCC(C=O)CC4)c3)CC2)cc1Cl. The first kappa shape index (κ1) is 22.3. The molecule has 0 saturated heterocycles. The number of aromatic nitrogens is 2. The second-order valence-electron chi connectivity index (χ2n) is 8.73. The number of hydrogen-bond acceptors (Lipinski definition) is 5. The lowest BCUT2D eigenvalue weighted by Gasteiger charge is -2.29. The average molecular weight is 455 g/mol. The lowest BCUT2D eigenvalue weighted by Crippen LogP contribution is -2.39. The summed E-state index contributed by atoms with van der Waals surface area (Å²) in [6.45, 7) is 0. The molecular formula is C24H27ClN4O3. The van der Waals surface area contributed by atoms with E-state index in [2.05, 4.69) is 10.4 Å². The molecule has 0 radical (unpaired) electrons. The minimum absolute atomic E-state index is 0.0661. The molecule has 2 aromatic rings. The number of nitrogens with one attached hydrogen (secondary N) is 1. The molecule has 0 aliphatic heterocycles. The highest BCUT2D eigenvalue weighted by atomic mass is 35.5. The van der Waals surface area contributed by atoms with Gasteiger partial charge in [0.05, 0.1) is 34.5 Å². The van der Waals surface area contributed by atoms with Gasteiger partial charge in [-0.1, -0.05) is 11.6 Å². The van der Waals surface area contributed by atoms with Crippen LogP contribution in [0, 0.1) is 17.2 Å². The van der Waals surface area contributed by atoms with Gasteiger partial charge in [-0.05, 0) is 63.5 Å². The predicted molar refractivity (Wildman–Crippen MR) is 120 cm³/mol. The van der Waals surface area contributed by atoms with Gasteiger partial charge in [-0.3, -0.25) is 9.48 Å². The maximum Gasteiger partial charge on any atom is 0.254 e. The van der Waals surface area contributed by atoms with Gasteiger partial charge in [0.15, 0.2) is 0 Å². The van der Waals surface area contributed by atoms with Crippen molar-refractivity contribution in [3.8, 4) is 11.8 Å². The fraction of sp³-hybridized carbons (Fsp3) is 0.500. The van der Waals surface area contributed by atoms with E-state index in [1.165, 1.54) is 0 Å². The topological polar surface area (TPSA) is 97.0 Å². The Morgan fingerprint density at radius 1 is 1.19 bits per heavy atom. The lowest BCUT2D eigenvalue weighted by molar-refractivity contribution is -0.112. The molecule has 2 aliphatic rings. The van der Waals surface area contributed by atoms with Crippen LogP contribution in [0.3, 0.4) is 0 Å². The van der Waals surface area contributed by atoms with Crippen LogP contribution in [0.15, 0.2) is 30.6 Å². The summed E-state index contributed by atoms with van der Waals surface area (Å²) < 4.78 is 7.90. The number of carbonyl (C=O) groups excluding carboxylic acids is 2. The van der Waals surface area contributed by atoms with E-state index in [-0.39, 0.29) is 30.0 Å². The Morgan fingerprint density at radius 2 is 1.94 bits per heavy atom. The van der Waals surface area contributed by atoms with Crippen LogP contribution in [0.25, 0.3) is 0 Å². The number of aldehydes is 1. The van der Waals surface area contributed by atoms with Crippen molar-refractivity contribution in [3.63, 3.8) is 0 Å². The van der Waals surface area contributed by atoms with Gasteiger partial charge in [-0.2, -0.15) is 10.4 Å². The van der Waals surface area contributed by atoms with Gasteiger partial charge in [-0.25, -0.2) is 0 Å². The fourth-order valence-corrected chi connectivity index (χ4v) is 4.82. The third-order valence-electron chi connectivity index (χ3n) is 6.54. The van der Waals surface area contributed by atoms with Crippen LogP contribution in [0.5, 0.6) is 5.75 Å². The average Bonchev–Trinajstić information content (AvgIpc) is 3.31. The van der Waals surface area contributed by atoms with Crippen molar-refractivity contribution in [3.05, 3.63) is 46.7 Å². The molecule has 1 amide bonds. The van der Waals surface area contributed by atoms with Gasteiger partial charge < -0.3 is 14.8 Å². The van der Waals surface area contributed by atoms with Gasteiger partial charge in [0.1, 0.15) is 18.1 Å². The summed E-state index contributed by atoms with van der Waals surface area (Å²) in [5, 5.41) is 16.9.